The molecule has 0 saturated carbocycles. The number of anilines is 1. The van der Waals surface area contributed by atoms with Crippen LogP contribution in [0.5, 0.6) is 17.2 Å². The summed E-state index contributed by atoms with van der Waals surface area (Å²) in [6.07, 6.45) is 1.92. The lowest BCUT2D eigenvalue weighted by Crippen LogP contribution is -2.41. The van der Waals surface area contributed by atoms with E-state index in [1.54, 1.807) is 24.1 Å². The van der Waals surface area contributed by atoms with E-state index in [4.69, 9.17) is 14.2 Å². The van der Waals surface area contributed by atoms with Crippen molar-refractivity contribution in [3.8, 4) is 17.2 Å². The molecule has 2 amide bonds. The van der Waals surface area contributed by atoms with Gasteiger partial charge in [-0.05, 0) is 6.42 Å². The molecule has 140 valence electrons. The van der Waals surface area contributed by atoms with E-state index in [1.807, 2.05) is 0 Å². The smallest absolute Gasteiger partial charge is 0.242 e. The molecule has 0 aromatic heterocycles. The van der Waals surface area contributed by atoms with Crippen LogP contribution in [0.2, 0.25) is 0 Å². The highest BCUT2D eigenvalue weighted by Crippen LogP contribution is 2.41. The number of benzene rings is 1. The van der Waals surface area contributed by atoms with Gasteiger partial charge in [0.05, 0.1) is 27.0 Å². The van der Waals surface area contributed by atoms with Crippen molar-refractivity contribution in [3.05, 3.63) is 12.1 Å². The van der Waals surface area contributed by atoms with E-state index < -0.39 is 0 Å². The molecule has 0 heterocycles. The van der Waals surface area contributed by atoms with Crippen molar-refractivity contribution < 1.29 is 23.8 Å². The van der Waals surface area contributed by atoms with Crippen LogP contribution in [-0.2, 0) is 9.59 Å². The number of carbonyl (C=O) groups is 2. The number of hydrogen-bond donors (Lipinski definition) is 0. The van der Waals surface area contributed by atoms with Crippen LogP contribution in [0, 0.1) is 0 Å². The summed E-state index contributed by atoms with van der Waals surface area (Å²) in [5.41, 5.74) is 0.513. The van der Waals surface area contributed by atoms with Gasteiger partial charge in [0.1, 0.15) is 6.54 Å². The van der Waals surface area contributed by atoms with E-state index >= 15 is 0 Å². The van der Waals surface area contributed by atoms with Crippen molar-refractivity contribution in [3.63, 3.8) is 0 Å². The van der Waals surface area contributed by atoms with E-state index in [9.17, 15) is 9.59 Å². The third kappa shape index (κ3) is 5.27. The third-order valence-electron chi connectivity index (χ3n) is 3.91. The average molecular weight is 352 g/mol. The SMILES string of the molecule is CCCCN(C)C(=O)CN(C(C)=O)c1cc(OC)c(OC)c(OC)c1. The van der Waals surface area contributed by atoms with Gasteiger partial charge in [-0.1, -0.05) is 13.3 Å². The Morgan fingerprint density at radius 2 is 1.60 bits per heavy atom. The quantitative estimate of drug-likeness (QED) is 0.682. The summed E-state index contributed by atoms with van der Waals surface area (Å²) in [6.45, 7) is 4.10. The predicted molar refractivity (Wildman–Crippen MR) is 96.7 cm³/mol. The largest absolute Gasteiger partial charge is 0.493 e. The van der Waals surface area contributed by atoms with Gasteiger partial charge >= 0.3 is 0 Å². The van der Waals surface area contributed by atoms with Crippen molar-refractivity contribution >= 4 is 17.5 Å². The van der Waals surface area contributed by atoms with E-state index in [0.717, 1.165) is 12.8 Å². The first kappa shape index (κ1) is 20.6. The number of nitrogens with zero attached hydrogens (tertiary/aromatic N) is 2. The molecule has 0 fully saturated rings. The van der Waals surface area contributed by atoms with Crippen molar-refractivity contribution in [2.24, 2.45) is 0 Å². The number of hydrogen-bond acceptors (Lipinski definition) is 5. The van der Waals surface area contributed by atoms with Crippen LogP contribution in [0.25, 0.3) is 0 Å². The molecule has 0 N–H and O–H groups in total. The highest BCUT2D eigenvalue weighted by molar-refractivity contribution is 5.98. The van der Waals surface area contributed by atoms with Gasteiger partial charge in [-0.2, -0.15) is 0 Å². The van der Waals surface area contributed by atoms with Gasteiger partial charge in [-0.3, -0.25) is 9.59 Å². The number of methoxy groups -OCH3 is 3. The van der Waals surface area contributed by atoms with E-state index in [-0.39, 0.29) is 18.4 Å². The topological polar surface area (TPSA) is 68.3 Å². The van der Waals surface area contributed by atoms with Crippen LogP contribution in [0.3, 0.4) is 0 Å². The molecule has 7 heteroatoms. The van der Waals surface area contributed by atoms with Crippen LogP contribution in [0.15, 0.2) is 12.1 Å². The zero-order chi connectivity index (χ0) is 19.0. The molecular formula is C18H28N2O5. The molecular weight excluding hydrogens is 324 g/mol. The Labute approximate surface area is 149 Å². The molecule has 0 radical (unpaired) electrons. The normalized spacial score (nSPS) is 10.2. The number of amides is 2. The van der Waals surface area contributed by atoms with Crippen LogP contribution in [0.4, 0.5) is 5.69 Å². The minimum absolute atomic E-state index is 0.0474. The molecule has 1 rings (SSSR count). The van der Waals surface area contributed by atoms with Gasteiger partial charge < -0.3 is 24.0 Å². The summed E-state index contributed by atoms with van der Waals surface area (Å²) in [6, 6.07) is 3.31. The summed E-state index contributed by atoms with van der Waals surface area (Å²) in [5, 5.41) is 0. The molecule has 0 aliphatic heterocycles. The summed E-state index contributed by atoms with van der Waals surface area (Å²) in [5.74, 6) is 0.914. The minimum Gasteiger partial charge on any atom is -0.493 e. The Morgan fingerprint density at radius 1 is 1.04 bits per heavy atom. The van der Waals surface area contributed by atoms with Gasteiger partial charge in [0.15, 0.2) is 11.5 Å². The second kappa shape index (κ2) is 9.76. The van der Waals surface area contributed by atoms with Crippen LogP contribution < -0.4 is 19.1 Å². The lowest BCUT2D eigenvalue weighted by molar-refractivity contribution is -0.130. The Balaban J connectivity index is 3.14. The highest BCUT2D eigenvalue weighted by Gasteiger charge is 2.22. The fraction of sp³-hybridized carbons (Fsp3) is 0.556. The summed E-state index contributed by atoms with van der Waals surface area (Å²) < 4.78 is 15.9. The first-order valence-corrected chi connectivity index (χ1v) is 8.21. The fourth-order valence-corrected chi connectivity index (χ4v) is 2.38. The first-order chi connectivity index (χ1) is 11.9. The fourth-order valence-electron chi connectivity index (χ4n) is 2.38. The molecule has 25 heavy (non-hydrogen) atoms. The lowest BCUT2D eigenvalue weighted by atomic mass is 10.2. The van der Waals surface area contributed by atoms with Gasteiger partial charge in [0.2, 0.25) is 17.6 Å². The Bertz CT molecular complexity index is 578. The maximum Gasteiger partial charge on any atom is 0.242 e. The second-order valence-electron chi connectivity index (χ2n) is 5.66. The molecule has 0 aliphatic carbocycles. The Kier molecular flexibility index (Phi) is 8.04. The standard InChI is InChI=1S/C18H28N2O5/c1-7-8-9-19(3)17(22)12-20(13(2)21)14-10-15(23-4)18(25-6)16(11-14)24-5/h10-11H,7-9,12H2,1-6H3. The number of unbranched alkanes of at least 4 members (excludes halogenated alkanes) is 1. The third-order valence-corrected chi connectivity index (χ3v) is 3.91. The van der Waals surface area contributed by atoms with Crippen LogP contribution in [-0.4, -0.2) is 58.2 Å². The molecule has 0 bridgehead atoms. The zero-order valence-corrected chi connectivity index (χ0v) is 15.9. The predicted octanol–water partition coefficient (Wildman–Crippen LogP) is 2.32. The molecule has 0 unspecified atom stereocenters. The van der Waals surface area contributed by atoms with Gasteiger partial charge in [0.25, 0.3) is 0 Å². The van der Waals surface area contributed by atoms with Gasteiger partial charge in [-0.25, -0.2) is 0 Å². The van der Waals surface area contributed by atoms with Crippen molar-refractivity contribution in [2.75, 3.05) is 46.4 Å². The van der Waals surface area contributed by atoms with Gasteiger partial charge in [-0.15, -0.1) is 0 Å². The average Bonchev–Trinajstić information content (AvgIpc) is 2.62. The van der Waals surface area contributed by atoms with Crippen molar-refractivity contribution in [1.82, 2.24) is 4.90 Å². The van der Waals surface area contributed by atoms with Crippen molar-refractivity contribution in [2.45, 2.75) is 26.7 Å². The lowest BCUT2D eigenvalue weighted by Gasteiger charge is -2.25. The minimum atomic E-state index is -0.244. The molecule has 0 saturated heterocycles. The summed E-state index contributed by atoms with van der Waals surface area (Å²) in [7, 11) is 6.26. The van der Waals surface area contributed by atoms with Gasteiger partial charge in [0, 0.05) is 32.6 Å². The molecule has 7 nitrogen and oxygen atoms in total. The Hall–Kier alpha value is -2.44. The molecule has 1 aromatic rings. The number of carbonyl (C=O) groups excluding carboxylic acids is 2. The van der Waals surface area contributed by atoms with Crippen LogP contribution >= 0.6 is 0 Å². The van der Waals surface area contributed by atoms with Crippen molar-refractivity contribution in [1.29, 1.82) is 0 Å². The molecule has 0 spiro atoms. The van der Waals surface area contributed by atoms with E-state index in [0.29, 0.717) is 29.5 Å². The Morgan fingerprint density at radius 3 is 2.00 bits per heavy atom. The first-order valence-electron chi connectivity index (χ1n) is 8.21. The summed E-state index contributed by atoms with van der Waals surface area (Å²) in [4.78, 5) is 27.6. The molecule has 0 atom stereocenters. The van der Waals surface area contributed by atoms with Crippen LogP contribution in [0.1, 0.15) is 26.7 Å². The second-order valence-corrected chi connectivity index (χ2v) is 5.66. The highest BCUT2D eigenvalue weighted by atomic mass is 16.5. The monoisotopic (exact) mass is 352 g/mol. The van der Waals surface area contributed by atoms with E-state index in [1.165, 1.54) is 33.2 Å². The summed E-state index contributed by atoms with van der Waals surface area (Å²) >= 11 is 0. The zero-order valence-electron chi connectivity index (χ0n) is 15.9. The maximum absolute atomic E-state index is 12.4. The number of ether oxygens (including phenoxy) is 3. The number of rotatable bonds is 9. The van der Waals surface area contributed by atoms with E-state index in [2.05, 4.69) is 6.92 Å². The molecule has 0 aliphatic rings. The maximum atomic E-state index is 12.4. The number of likely N-dealkylation sites (N-methyl/N-ethyl adjacent to an activating group) is 1. The molecule has 1 aromatic carbocycles.